The molecule has 1 N–H and O–H groups in total. The molecule has 0 bridgehead atoms. The van der Waals surface area contributed by atoms with E-state index in [1.807, 2.05) is 26.0 Å². The van der Waals surface area contributed by atoms with Crippen molar-refractivity contribution in [2.75, 3.05) is 0 Å². The van der Waals surface area contributed by atoms with Crippen LogP contribution in [0.2, 0.25) is 0 Å². The van der Waals surface area contributed by atoms with Crippen LogP contribution < -0.4 is 0 Å². The number of rotatable bonds is 3. The second-order valence-corrected chi connectivity index (χ2v) is 10.4. The predicted molar refractivity (Wildman–Crippen MR) is 126 cm³/mol. The molecule has 4 nitrogen and oxygen atoms in total. The summed E-state index contributed by atoms with van der Waals surface area (Å²) in [7, 11) is 0. The summed E-state index contributed by atoms with van der Waals surface area (Å²) in [4.78, 5) is 4.19. The lowest BCUT2D eigenvalue weighted by Gasteiger charge is -2.47. The monoisotopic (exact) mass is 495 g/mol. The van der Waals surface area contributed by atoms with Gasteiger partial charge in [0.05, 0.1) is 41.5 Å². The predicted octanol–water partition coefficient (Wildman–Crippen LogP) is 6.42. The number of aliphatic hydroxyl groups is 1. The molecule has 8 heteroatoms. The zero-order valence-corrected chi connectivity index (χ0v) is 19.9. The van der Waals surface area contributed by atoms with E-state index in [9.17, 15) is 22.7 Å². The Bertz CT molecular complexity index is 1390. The van der Waals surface area contributed by atoms with Gasteiger partial charge in [-0.1, -0.05) is 56.4 Å². The zero-order chi connectivity index (χ0) is 25.9. The fourth-order valence-corrected chi connectivity index (χ4v) is 5.80. The first kappa shape index (κ1) is 24.3. The molecule has 2 heterocycles. The van der Waals surface area contributed by atoms with Crippen LogP contribution in [0.25, 0.3) is 0 Å². The molecule has 1 aromatic carbocycles. The second kappa shape index (κ2) is 8.04. The summed E-state index contributed by atoms with van der Waals surface area (Å²) in [6.07, 6.45) is 9.01. The van der Waals surface area contributed by atoms with Gasteiger partial charge < -0.3 is 9.67 Å². The maximum absolute atomic E-state index is 14.9. The third kappa shape index (κ3) is 3.65. The first-order chi connectivity index (χ1) is 16.9. The molecule has 0 fully saturated rings. The number of imidazole rings is 1. The summed E-state index contributed by atoms with van der Waals surface area (Å²) < 4.78 is 57.2. The minimum atomic E-state index is -4.44. The van der Waals surface area contributed by atoms with Gasteiger partial charge in [0.25, 0.3) is 0 Å². The average Bonchev–Trinajstić information content (AvgIpc) is 3.42. The van der Waals surface area contributed by atoms with Crippen LogP contribution in [0.1, 0.15) is 56.0 Å². The minimum Gasteiger partial charge on any atom is -0.379 e. The molecule has 1 aromatic heterocycles. The molecule has 2 unspecified atom stereocenters. The van der Waals surface area contributed by atoms with Gasteiger partial charge in [-0.15, -0.1) is 0 Å². The Balaban J connectivity index is 1.50. The van der Waals surface area contributed by atoms with E-state index in [1.165, 1.54) is 18.2 Å². The Hall–Kier alpha value is -3.44. The molecule has 4 atom stereocenters. The van der Waals surface area contributed by atoms with E-state index >= 15 is 0 Å². The number of aromatic nitrogens is 2. The number of nitriles is 1. The smallest absolute Gasteiger partial charge is 0.379 e. The van der Waals surface area contributed by atoms with Gasteiger partial charge in [-0.25, -0.2) is 9.37 Å². The third-order valence-corrected chi connectivity index (χ3v) is 8.20. The van der Waals surface area contributed by atoms with Crippen molar-refractivity contribution in [1.82, 2.24) is 9.55 Å². The van der Waals surface area contributed by atoms with Gasteiger partial charge in [-0.3, -0.25) is 0 Å². The van der Waals surface area contributed by atoms with Crippen LogP contribution in [0.3, 0.4) is 0 Å². The van der Waals surface area contributed by atoms with E-state index in [-0.39, 0.29) is 12.0 Å². The highest BCUT2D eigenvalue weighted by molar-refractivity contribution is 5.43. The number of hydrogen-bond acceptors (Lipinski definition) is 3. The van der Waals surface area contributed by atoms with E-state index in [1.54, 1.807) is 41.4 Å². The number of alkyl halides is 3. The van der Waals surface area contributed by atoms with Crippen LogP contribution in [0.15, 0.2) is 78.3 Å². The molecule has 5 rings (SSSR count). The van der Waals surface area contributed by atoms with E-state index in [4.69, 9.17) is 5.26 Å². The van der Waals surface area contributed by atoms with E-state index < -0.39 is 40.0 Å². The lowest BCUT2D eigenvalue weighted by Crippen LogP contribution is -2.40. The number of benzene rings is 1. The fraction of sp³-hybridized carbons (Fsp3) is 0.357. The molecule has 1 aliphatic heterocycles. The van der Waals surface area contributed by atoms with Crippen LogP contribution in [0.5, 0.6) is 0 Å². The summed E-state index contributed by atoms with van der Waals surface area (Å²) >= 11 is 0. The molecule has 186 valence electrons. The quantitative estimate of drug-likeness (QED) is 0.500. The molecule has 0 spiro atoms. The molecule has 0 saturated heterocycles. The van der Waals surface area contributed by atoms with Crippen molar-refractivity contribution in [3.8, 4) is 6.07 Å². The molecular weight excluding hydrogens is 470 g/mol. The fourth-order valence-electron chi connectivity index (χ4n) is 5.80. The minimum absolute atomic E-state index is 0.143. The van der Waals surface area contributed by atoms with Crippen LogP contribution in [-0.4, -0.2) is 20.8 Å². The second-order valence-electron chi connectivity index (χ2n) is 10.4. The van der Waals surface area contributed by atoms with Crippen molar-refractivity contribution in [1.29, 1.82) is 5.26 Å². The first-order valence-electron chi connectivity index (χ1n) is 11.7. The van der Waals surface area contributed by atoms with Crippen molar-refractivity contribution in [3.05, 3.63) is 101 Å². The summed E-state index contributed by atoms with van der Waals surface area (Å²) in [5, 5.41) is 21.1. The highest BCUT2D eigenvalue weighted by atomic mass is 19.4. The molecule has 0 saturated carbocycles. The van der Waals surface area contributed by atoms with Crippen LogP contribution >= 0.6 is 0 Å². The van der Waals surface area contributed by atoms with Gasteiger partial charge in [0.1, 0.15) is 11.4 Å². The molecule has 2 aromatic rings. The van der Waals surface area contributed by atoms with E-state index in [2.05, 4.69) is 4.98 Å². The van der Waals surface area contributed by atoms with Crippen molar-refractivity contribution in [3.63, 3.8) is 0 Å². The lowest BCUT2D eigenvalue weighted by molar-refractivity contribution is -0.0900. The van der Waals surface area contributed by atoms with Gasteiger partial charge in [0, 0.05) is 12.0 Å². The molecule has 0 radical (unpaired) electrons. The Kier molecular flexibility index (Phi) is 5.42. The Morgan fingerprint density at radius 2 is 2.00 bits per heavy atom. The van der Waals surface area contributed by atoms with Crippen LogP contribution in [0, 0.1) is 28.0 Å². The number of allylic oxidation sites excluding steroid dienone is 7. The van der Waals surface area contributed by atoms with Crippen molar-refractivity contribution >= 4 is 0 Å². The molecule has 2 aliphatic carbocycles. The number of fused-ring (bicyclic) bond motifs is 1. The maximum Gasteiger partial charge on any atom is 0.416 e. The van der Waals surface area contributed by atoms with Crippen molar-refractivity contribution < 1.29 is 22.7 Å². The van der Waals surface area contributed by atoms with Gasteiger partial charge in [0.15, 0.2) is 0 Å². The van der Waals surface area contributed by atoms with Gasteiger partial charge in [0.2, 0.25) is 0 Å². The topological polar surface area (TPSA) is 61.8 Å². The summed E-state index contributed by atoms with van der Waals surface area (Å²) in [6.45, 7) is 3.72. The Labute approximate surface area is 206 Å². The Morgan fingerprint density at radius 3 is 2.69 bits per heavy atom. The average molecular weight is 496 g/mol. The van der Waals surface area contributed by atoms with Gasteiger partial charge in [-0.2, -0.15) is 18.4 Å². The largest absolute Gasteiger partial charge is 0.416 e. The molecular formula is C28H25F4N3O. The number of hydrogen-bond donors (Lipinski definition) is 1. The van der Waals surface area contributed by atoms with E-state index in [0.29, 0.717) is 29.7 Å². The molecule has 0 amide bonds. The summed E-state index contributed by atoms with van der Waals surface area (Å²) in [5.74, 6) is -0.545. The zero-order valence-electron chi connectivity index (χ0n) is 19.9. The summed E-state index contributed by atoms with van der Waals surface area (Å²) in [6, 6.07) is 5.62. The normalized spacial score (nSPS) is 31.6. The SMILES string of the molecule is CC1(C2(C)C=CC=C([C@@]3(O)C[C@H](c4ccc(C#N)cc4F)n4cncc43)C2)C=C(C(F)(F)F)C=CC1. The van der Waals surface area contributed by atoms with Crippen LogP contribution in [-0.2, 0) is 5.60 Å². The van der Waals surface area contributed by atoms with Crippen molar-refractivity contribution in [2.45, 2.75) is 50.9 Å². The third-order valence-electron chi connectivity index (χ3n) is 8.20. The molecule has 36 heavy (non-hydrogen) atoms. The van der Waals surface area contributed by atoms with Crippen LogP contribution in [0.4, 0.5) is 17.6 Å². The number of halogens is 4. The van der Waals surface area contributed by atoms with E-state index in [0.717, 1.165) is 6.08 Å². The summed E-state index contributed by atoms with van der Waals surface area (Å²) in [5.41, 5.74) is -2.02. The van der Waals surface area contributed by atoms with Gasteiger partial charge in [-0.05, 0) is 41.4 Å². The number of nitrogens with zero attached hydrogens (tertiary/aromatic N) is 3. The van der Waals surface area contributed by atoms with Crippen molar-refractivity contribution in [2.24, 2.45) is 10.8 Å². The lowest BCUT2D eigenvalue weighted by atomic mass is 9.57. The standard InChI is InChI=1S/C28H25F4N3O/c1-25(26(2)10-4-6-20(13-26)28(30,31)32)9-3-5-19(12-25)27(36)14-23(35-17-34-16-24(27)35)21-8-7-18(15-33)11-22(21)29/h3-9,11,13,16-17,23,36H,10,12,14H2,1-2H3/t23-,25?,26?,27+/m1/s1. The Morgan fingerprint density at radius 1 is 1.22 bits per heavy atom. The highest BCUT2D eigenvalue weighted by Crippen LogP contribution is 2.57. The molecule has 3 aliphatic rings. The first-order valence-corrected chi connectivity index (χ1v) is 11.7. The van der Waals surface area contributed by atoms with Gasteiger partial charge >= 0.3 is 6.18 Å². The highest BCUT2D eigenvalue weighted by Gasteiger charge is 2.52. The maximum atomic E-state index is 14.9.